The van der Waals surface area contributed by atoms with Crippen molar-refractivity contribution in [3.05, 3.63) is 54.1 Å². The summed E-state index contributed by atoms with van der Waals surface area (Å²) in [5, 5.41) is 9.24. The summed E-state index contributed by atoms with van der Waals surface area (Å²) in [6.45, 7) is 1.56. The highest BCUT2D eigenvalue weighted by Crippen LogP contribution is 2.37. The zero-order chi connectivity index (χ0) is 12.4. The van der Waals surface area contributed by atoms with Crippen LogP contribution in [0, 0.1) is 0 Å². The Balaban J connectivity index is 2.05. The Morgan fingerprint density at radius 3 is 2.72 bits per heavy atom. The number of rotatable bonds is 2. The summed E-state index contributed by atoms with van der Waals surface area (Å²) in [4.78, 5) is 2.22. The van der Waals surface area contributed by atoms with Crippen LogP contribution in [0.1, 0.15) is 5.56 Å². The number of aliphatic hydroxyl groups is 1. The molecule has 1 aliphatic rings. The van der Waals surface area contributed by atoms with Crippen molar-refractivity contribution in [2.45, 2.75) is 6.61 Å². The molecule has 3 nitrogen and oxygen atoms in total. The molecule has 1 heterocycles. The third kappa shape index (κ3) is 1.93. The molecule has 3 heteroatoms. The fourth-order valence-corrected chi connectivity index (χ4v) is 2.24. The van der Waals surface area contributed by atoms with Gasteiger partial charge in [-0.25, -0.2) is 0 Å². The molecule has 0 aliphatic carbocycles. The third-order valence-corrected chi connectivity index (χ3v) is 3.14. The molecule has 0 radical (unpaired) electrons. The van der Waals surface area contributed by atoms with E-state index in [1.165, 1.54) is 0 Å². The van der Waals surface area contributed by atoms with Crippen molar-refractivity contribution in [1.29, 1.82) is 0 Å². The Morgan fingerprint density at radius 1 is 1.11 bits per heavy atom. The molecule has 2 aromatic rings. The Bertz CT molecular complexity index is 539. The first-order valence-electron chi connectivity index (χ1n) is 6.07. The summed E-state index contributed by atoms with van der Waals surface area (Å²) >= 11 is 0. The van der Waals surface area contributed by atoms with Gasteiger partial charge in [0, 0.05) is 5.69 Å². The van der Waals surface area contributed by atoms with Crippen molar-refractivity contribution >= 4 is 11.4 Å². The van der Waals surface area contributed by atoms with Crippen LogP contribution in [0.15, 0.2) is 48.5 Å². The van der Waals surface area contributed by atoms with Gasteiger partial charge in [-0.2, -0.15) is 0 Å². The van der Waals surface area contributed by atoms with Crippen LogP contribution >= 0.6 is 0 Å². The lowest BCUT2D eigenvalue weighted by molar-refractivity contribution is 0.280. The van der Waals surface area contributed by atoms with E-state index in [-0.39, 0.29) is 6.61 Å². The van der Waals surface area contributed by atoms with Gasteiger partial charge in [0.05, 0.1) is 18.8 Å². The molecule has 1 aliphatic heterocycles. The highest BCUT2D eigenvalue weighted by molar-refractivity contribution is 5.71. The number of benzene rings is 2. The third-order valence-electron chi connectivity index (χ3n) is 3.14. The summed E-state index contributed by atoms with van der Waals surface area (Å²) in [6.07, 6.45) is 0. The van der Waals surface area contributed by atoms with Gasteiger partial charge in [-0.05, 0) is 29.8 Å². The van der Waals surface area contributed by atoms with E-state index in [1.807, 2.05) is 36.4 Å². The number of hydrogen-bond acceptors (Lipinski definition) is 3. The second-order valence-corrected chi connectivity index (χ2v) is 4.30. The minimum atomic E-state index is 0.0515. The van der Waals surface area contributed by atoms with Crippen molar-refractivity contribution in [2.75, 3.05) is 18.1 Å². The number of ether oxygens (including phenoxy) is 1. The summed E-state index contributed by atoms with van der Waals surface area (Å²) in [5.74, 6) is 0.877. The molecule has 0 unspecified atom stereocenters. The largest absolute Gasteiger partial charge is 0.490 e. The van der Waals surface area contributed by atoms with Gasteiger partial charge in [-0.3, -0.25) is 0 Å². The fourth-order valence-electron chi connectivity index (χ4n) is 2.24. The molecular formula is C15H15NO2. The molecule has 0 saturated carbocycles. The molecule has 0 aromatic heterocycles. The number of nitrogens with zero attached hydrogens (tertiary/aromatic N) is 1. The topological polar surface area (TPSA) is 32.7 Å². The van der Waals surface area contributed by atoms with Crippen molar-refractivity contribution in [3.63, 3.8) is 0 Å². The van der Waals surface area contributed by atoms with Gasteiger partial charge in [0.1, 0.15) is 12.4 Å². The van der Waals surface area contributed by atoms with Crippen LogP contribution in [0.4, 0.5) is 11.4 Å². The van der Waals surface area contributed by atoms with Gasteiger partial charge in [-0.15, -0.1) is 0 Å². The standard InChI is InChI=1S/C15H15NO2/c17-11-12-6-7-15-14(10-12)16(8-9-18-15)13-4-2-1-3-5-13/h1-7,10,17H,8-9,11H2. The van der Waals surface area contributed by atoms with Crippen molar-refractivity contribution in [1.82, 2.24) is 0 Å². The van der Waals surface area contributed by atoms with Gasteiger partial charge >= 0.3 is 0 Å². The number of fused-ring (bicyclic) bond motifs is 1. The zero-order valence-corrected chi connectivity index (χ0v) is 10.0. The first-order chi connectivity index (χ1) is 8.88. The molecule has 0 bridgehead atoms. The molecule has 0 fully saturated rings. The van der Waals surface area contributed by atoms with Crippen molar-refractivity contribution in [3.8, 4) is 5.75 Å². The number of para-hydroxylation sites is 1. The highest BCUT2D eigenvalue weighted by Gasteiger charge is 2.19. The van der Waals surface area contributed by atoms with E-state index in [0.717, 1.165) is 29.2 Å². The Kier molecular flexibility index (Phi) is 2.90. The van der Waals surface area contributed by atoms with Gasteiger partial charge in [0.25, 0.3) is 0 Å². The van der Waals surface area contributed by atoms with Gasteiger partial charge < -0.3 is 14.7 Å². The summed E-state index contributed by atoms with van der Waals surface area (Å²) in [5.41, 5.74) is 3.08. The van der Waals surface area contributed by atoms with E-state index in [9.17, 15) is 5.11 Å². The van der Waals surface area contributed by atoms with Crippen LogP contribution in [0.25, 0.3) is 0 Å². The van der Waals surface area contributed by atoms with E-state index in [2.05, 4.69) is 17.0 Å². The van der Waals surface area contributed by atoms with Gasteiger partial charge in [-0.1, -0.05) is 24.3 Å². The summed E-state index contributed by atoms with van der Waals surface area (Å²) in [6, 6.07) is 16.0. The van der Waals surface area contributed by atoms with Crippen molar-refractivity contribution < 1.29 is 9.84 Å². The minimum Gasteiger partial charge on any atom is -0.490 e. The lowest BCUT2D eigenvalue weighted by Crippen LogP contribution is -2.28. The highest BCUT2D eigenvalue weighted by atomic mass is 16.5. The van der Waals surface area contributed by atoms with Crippen molar-refractivity contribution in [2.24, 2.45) is 0 Å². The molecule has 0 spiro atoms. The van der Waals surface area contributed by atoms with Crippen LogP contribution in [0.3, 0.4) is 0 Å². The molecule has 0 saturated heterocycles. The second kappa shape index (κ2) is 4.70. The van der Waals surface area contributed by atoms with Crippen LogP contribution in [0.2, 0.25) is 0 Å². The van der Waals surface area contributed by atoms with E-state index in [0.29, 0.717) is 6.61 Å². The number of aliphatic hydroxyl groups excluding tert-OH is 1. The SMILES string of the molecule is OCc1ccc2c(c1)N(c1ccccc1)CCO2. The molecule has 0 atom stereocenters. The zero-order valence-electron chi connectivity index (χ0n) is 10.0. The van der Waals surface area contributed by atoms with Gasteiger partial charge in [0.15, 0.2) is 0 Å². The quantitative estimate of drug-likeness (QED) is 0.877. The summed E-state index contributed by atoms with van der Waals surface area (Å²) in [7, 11) is 0. The van der Waals surface area contributed by atoms with E-state index in [4.69, 9.17) is 4.74 Å². The fraction of sp³-hybridized carbons (Fsp3) is 0.200. The average Bonchev–Trinajstić information content (AvgIpc) is 2.47. The van der Waals surface area contributed by atoms with Crippen LogP contribution in [0.5, 0.6) is 5.75 Å². The maximum Gasteiger partial charge on any atom is 0.143 e. The first kappa shape index (κ1) is 11.1. The van der Waals surface area contributed by atoms with Crippen LogP contribution in [-0.4, -0.2) is 18.3 Å². The number of hydrogen-bond donors (Lipinski definition) is 1. The molecular weight excluding hydrogens is 226 g/mol. The monoisotopic (exact) mass is 241 g/mol. The minimum absolute atomic E-state index is 0.0515. The van der Waals surface area contributed by atoms with Crippen LogP contribution in [-0.2, 0) is 6.61 Å². The Hall–Kier alpha value is -2.00. The predicted molar refractivity (Wildman–Crippen MR) is 71.3 cm³/mol. The molecule has 18 heavy (non-hydrogen) atoms. The Morgan fingerprint density at radius 2 is 1.94 bits per heavy atom. The maximum absolute atomic E-state index is 9.24. The average molecular weight is 241 g/mol. The Labute approximate surface area is 106 Å². The molecule has 1 N–H and O–H groups in total. The predicted octanol–water partition coefficient (Wildman–Crippen LogP) is 2.71. The summed E-state index contributed by atoms with van der Waals surface area (Å²) < 4.78 is 5.65. The maximum atomic E-state index is 9.24. The van der Waals surface area contributed by atoms with Crippen LogP contribution < -0.4 is 9.64 Å². The van der Waals surface area contributed by atoms with E-state index in [1.54, 1.807) is 0 Å². The van der Waals surface area contributed by atoms with Gasteiger partial charge in [0.2, 0.25) is 0 Å². The number of anilines is 2. The lowest BCUT2D eigenvalue weighted by atomic mass is 10.1. The first-order valence-corrected chi connectivity index (χ1v) is 6.07. The smallest absolute Gasteiger partial charge is 0.143 e. The molecule has 2 aromatic carbocycles. The molecule has 3 rings (SSSR count). The normalized spacial score (nSPS) is 13.9. The van der Waals surface area contributed by atoms with E-state index < -0.39 is 0 Å². The van der Waals surface area contributed by atoms with E-state index >= 15 is 0 Å². The second-order valence-electron chi connectivity index (χ2n) is 4.30. The molecule has 0 amide bonds. The lowest BCUT2D eigenvalue weighted by Gasteiger charge is -2.31. The molecule has 92 valence electrons.